The molecule has 2 aromatic rings. The Kier molecular flexibility index (Phi) is 5.81. The lowest BCUT2D eigenvalue weighted by Gasteiger charge is -2.03. The number of hydrogen-bond donors (Lipinski definition) is 0. The Bertz CT molecular complexity index is 594. The molecular weight excluding hydrogens is 407 g/mol. The minimum atomic E-state index is -0.331. The van der Waals surface area contributed by atoms with Gasteiger partial charge in [0.25, 0.3) is 0 Å². The number of rotatable bonds is 5. The molecule has 0 aliphatic carbocycles. The highest BCUT2D eigenvalue weighted by atomic mass is 79.9. The first-order valence-corrected chi connectivity index (χ1v) is 8.45. The van der Waals surface area contributed by atoms with Crippen LogP contribution < -0.4 is 0 Å². The number of halogens is 3. The first-order chi connectivity index (χ1) is 9.52. The molecule has 0 aliphatic rings. The summed E-state index contributed by atoms with van der Waals surface area (Å²) in [5.74, 6) is 0.133. The van der Waals surface area contributed by atoms with Crippen LogP contribution in [0.2, 0.25) is 0 Å². The van der Waals surface area contributed by atoms with E-state index in [4.69, 9.17) is 0 Å². The van der Waals surface area contributed by atoms with E-state index in [0.717, 1.165) is 9.37 Å². The number of carbonyl (C=O) groups excluding carboxylic acids is 1. The maximum atomic E-state index is 13.2. The Hall–Kier alpha value is -0.650. The zero-order chi connectivity index (χ0) is 14.5. The van der Waals surface area contributed by atoms with Gasteiger partial charge in [-0.25, -0.2) is 4.39 Å². The second kappa shape index (κ2) is 7.38. The van der Waals surface area contributed by atoms with Crippen LogP contribution in [0.1, 0.15) is 5.56 Å². The van der Waals surface area contributed by atoms with Crippen LogP contribution in [0, 0.1) is 5.82 Å². The van der Waals surface area contributed by atoms with Crippen molar-refractivity contribution < 1.29 is 9.18 Å². The SMILES string of the molecule is O=C(CSc1ccc(Br)cc1)Cc1cc(F)cc(Br)c1. The first-order valence-electron chi connectivity index (χ1n) is 5.88. The van der Waals surface area contributed by atoms with Crippen molar-refractivity contribution in [1.82, 2.24) is 0 Å². The molecule has 0 radical (unpaired) electrons. The van der Waals surface area contributed by atoms with Crippen molar-refractivity contribution in [3.8, 4) is 0 Å². The average molecular weight is 418 g/mol. The van der Waals surface area contributed by atoms with E-state index < -0.39 is 0 Å². The van der Waals surface area contributed by atoms with Crippen LogP contribution in [-0.4, -0.2) is 11.5 Å². The number of Topliss-reactive ketones (excluding diaryl/α,β-unsaturated/α-hetero) is 1. The summed E-state index contributed by atoms with van der Waals surface area (Å²) < 4.78 is 14.9. The molecule has 0 fully saturated rings. The topological polar surface area (TPSA) is 17.1 Å². The van der Waals surface area contributed by atoms with Crippen LogP contribution >= 0.6 is 43.6 Å². The van der Waals surface area contributed by atoms with E-state index >= 15 is 0 Å². The summed E-state index contributed by atoms with van der Waals surface area (Å²) in [6.45, 7) is 0. The van der Waals surface area contributed by atoms with Crippen molar-refractivity contribution in [3.05, 3.63) is 62.8 Å². The molecule has 0 bridgehead atoms. The fraction of sp³-hybridized carbons (Fsp3) is 0.133. The van der Waals surface area contributed by atoms with Gasteiger partial charge >= 0.3 is 0 Å². The molecule has 0 amide bonds. The molecule has 2 aromatic carbocycles. The summed E-state index contributed by atoms with van der Waals surface area (Å²) in [5, 5.41) is 0. The monoisotopic (exact) mass is 416 g/mol. The van der Waals surface area contributed by atoms with E-state index in [2.05, 4.69) is 31.9 Å². The van der Waals surface area contributed by atoms with Crippen LogP contribution in [0.15, 0.2) is 56.3 Å². The van der Waals surface area contributed by atoms with E-state index in [-0.39, 0.29) is 18.0 Å². The van der Waals surface area contributed by atoms with Crippen molar-refractivity contribution in [3.63, 3.8) is 0 Å². The summed E-state index contributed by atoms with van der Waals surface area (Å²) in [6, 6.07) is 12.3. The Labute approximate surface area is 138 Å². The number of thioether (sulfide) groups is 1. The molecule has 0 saturated heterocycles. The lowest BCUT2D eigenvalue weighted by Crippen LogP contribution is -2.06. The fourth-order valence-corrected chi connectivity index (χ4v) is 3.22. The van der Waals surface area contributed by atoms with Crippen molar-refractivity contribution >= 4 is 49.4 Å². The van der Waals surface area contributed by atoms with Crippen LogP contribution in [0.4, 0.5) is 4.39 Å². The molecule has 0 aliphatic heterocycles. The third kappa shape index (κ3) is 5.04. The molecule has 0 spiro atoms. The van der Waals surface area contributed by atoms with Crippen molar-refractivity contribution in [1.29, 1.82) is 0 Å². The van der Waals surface area contributed by atoms with E-state index in [0.29, 0.717) is 15.8 Å². The molecular formula is C15H11Br2FOS. The quantitative estimate of drug-likeness (QED) is 0.617. The van der Waals surface area contributed by atoms with Crippen LogP contribution in [0.25, 0.3) is 0 Å². The maximum absolute atomic E-state index is 13.2. The Balaban J connectivity index is 1.90. The maximum Gasteiger partial charge on any atom is 0.147 e. The second-order valence-electron chi connectivity index (χ2n) is 4.24. The molecule has 1 nitrogen and oxygen atoms in total. The minimum absolute atomic E-state index is 0.0791. The van der Waals surface area contributed by atoms with Gasteiger partial charge in [0.15, 0.2) is 0 Å². The van der Waals surface area contributed by atoms with E-state index in [1.807, 2.05) is 24.3 Å². The molecule has 0 unspecified atom stereocenters. The first kappa shape index (κ1) is 15.7. The molecule has 0 saturated carbocycles. The van der Waals surface area contributed by atoms with Gasteiger partial charge in [-0.3, -0.25) is 4.79 Å². The van der Waals surface area contributed by atoms with Crippen molar-refractivity contribution in [2.75, 3.05) is 5.75 Å². The minimum Gasteiger partial charge on any atom is -0.298 e. The summed E-state index contributed by atoms with van der Waals surface area (Å²) in [6.07, 6.45) is 0.250. The Morgan fingerprint density at radius 2 is 1.75 bits per heavy atom. The normalized spacial score (nSPS) is 10.6. The summed E-state index contributed by atoms with van der Waals surface area (Å²) in [5.41, 5.74) is 0.693. The summed E-state index contributed by atoms with van der Waals surface area (Å²) in [7, 11) is 0. The third-order valence-electron chi connectivity index (χ3n) is 2.54. The molecule has 0 heterocycles. The summed E-state index contributed by atoms with van der Waals surface area (Å²) in [4.78, 5) is 13.0. The average Bonchev–Trinajstić information content (AvgIpc) is 2.37. The van der Waals surface area contributed by atoms with Gasteiger partial charge in [0.1, 0.15) is 11.6 Å². The zero-order valence-electron chi connectivity index (χ0n) is 10.4. The van der Waals surface area contributed by atoms with Crippen LogP contribution in [0.3, 0.4) is 0 Å². The Morgan fingerprint density at radius 1 is 1.05 bits per heavy atom. The molecule has 0 aromatic heterocycles. The smallest absolute Gasteiger partial charge is 0.147 e. The standard InChI is InChI=1S/C15H11Br2FOS/c16-11-1-3-15(4-2-11)20-9-14(19)7-10-5-12(17)8-13(18)6-10/h1-6,8H,7,9H2. The number of carbonyl (C=O) groups is 1. The van der Waals surface area contributed by atoms with Gasteiger partial charge in [-0.15, -0.1) is 11.8 Å². The predicted octanol–water partition coefficient (Wildman–Crippen LogP) is 5.25. The lowest BCUT2D eigenvalue weighted by molar-refractivity contribution is -0.116. The third-order valence-corrected chi connectivity index (χ3v) is 4.60. The molecule has 0 atom stereocenters. The predicted molar refractivity (Wildman–Crippen MR) is 87.7 cm³/mol. The van der Waals surface area contributed by atoms with Gasteiger partial charge < -0.3 is 0 Å². The van der Waals surface area contributed by atoms with Gasteiger partial charge in [0.05, 0.1) is 5.75 Å². The Morgan fingerprint density at radius 3 is 2.40 bits per heavy atom. The fourth-order valence-electron chi connectivity index (χ4n) is 1.69. The van der Waals surface area contributed by atoms with E-state index in [1.54, 1.807) is 6.07 Å². The molecule has 104 valence electrons. The molecule has 5 heteroatoms. The zero-order valence-corrected chi connectivity index (χ0v) is 14.4. The number of ketones is 1. The summed E-state index contributed by atoms with van der Waals surface area (Å²) >= 11 is 8.08. The highest BCUT2D eigenvalue weighted by Crippen LogP contribution is 2.21. The highest BCUT2D eigenvalue weighted by Gasteiger charge is 2.07. The van der Waals surface area contributed by atoms with Gasteiger partial charge in [-0.1, -0.05) is 31.9 Å². The van der Waals surface area contributed by atoms with Gasteiger partial charge in [-0.2, -0.15) is 0 Å². The number of hydrogen-bond acceptors (Lipinski definition) is 2. The molecule has 0 N–H and O–H groups in total. The largest absolute Gasteiger partial charge is 0.298 e. The number of benzene rings is 2. The molecule has 20 heavy (non-hydrogen) atoms. The van der Waals surface area contributed by atoms with Gasteiger partial charge in [-0.05, 0) is 48.0 Å². The van der Waals surface area contributed by atoms with E-state index in [1.165, 1.54) is 23.9 Å². The molecule has 2 rings (SSSR count). The van der Waals surface area contributed by atoms with Gasteiger partial charge in [0.2, 0.25) is 0 Å². The second-order valence-corrected chi connectivity index (χ2v) is 7.12. The van der Waals surface area contributed by atoms with Crippen molar-refractivity contribution in [2.45, 2.75) is 11.3 Å². The lowest BCUT2D eigenvalue weighted by atomic mass is 10.1. The highest BCUT2D eigenvalue weighted by molar-refractivity contribution is 9.10. The van der Waals surface area contributed by atoms with Crippen LogP contribution in [0.5, 0.6) is 0 Å². The van der Waals surface area contributed by atoms with Crippen LogP contribution in [-0.2, 0) is 11.2 Å². The van der Waals surface area contributed by atoms with E-state index in [9.17, 15) is 9.18 Å². The van der Waals surface area contributed by atoms with Crippen molar-refractivity contribution in [2.24, 2.45) is 0 Å². The van der Waals surface area contributed by atoms with Gasteiger partial charge in [0, 0.05) is 20.3 Å².